The number of rotatable bonds is 0. The molecule has 0 spiro atoms. The molecule has 0 aliphatic heterocycles. The fraction of sp³-hybridized carbons (Fsp3) is 0.200. The van der Waals surface area contributed by atoms with Crippen LogP contribution in [0.3, 0.4) is 0 Å². The molecule has 0 aliphatic rings. The van der Waals surface area contributed by atoms with E-state index in [0.717, 1.165) is 0 Å². The molecule has 0 nitrogen and oxygen atoms in total. The maximum atomic E-state index is 3.53. The van der Waals surface area contributed by atoms with Crippen LogP contribution in [0.2, 0.25) is 0 Å². The molecule has 0 fully saturated rings. The summed E-state index contributed by atoms with van der Waals surface area (Å²) in [4.78, 5) is 0. The van der Waals surface area contributed by atoms with E-state index in [-0.39, 0.29) is 0 Å². The van der Waals surface area contributed by atoms with Gasteiger partial charge in [0.1, 0.15) is 0 Å². The lowest BCUT2D eigenvalue weighted by atomic mass is 10.7. The summed E-state index contributed by atoms with van der Waals surface area (Å²) < 4.78 is 0. The molecule has 0 amide bonds. The van der Waals surface area contributed by atoms with Crippen LogP contribution in [-0.2, 0) is 0 Å². The van der Waals surface area contributed by atoms with E-state index < -0.39 is 0 Å². The maximum Gasteiger partial charge on any atom is -0.00934 e. The number of thiophene rings is 1. The Morgan fingerprint density at radius 3 is 1.71 bits per heavy atom. The van der Waals surface area contributed by atoms with E-state index in [1.807, 2.05) is 22.9 Å². The van der Waals surface area contributed by atoms with Crippen LogP contribution in [0.25, 0.3) is 0 Å². The van der Waals surface area contributed by atoms with Gasteiger partial charge in [0.2, 0.25) is 0 Å². The average Bonchev–Trinajstić information content (AvgIpc) is 2.23. The maximum absolute atomic E-state index is 3.53. The highest BCUT2D eigenvalue weighted by molar-refractivity contribution is 7.79. The lowest BCUT2D eigenvalue weighted by Gasteiger charge is -1.39. The molecule has 0 atom stereocenters. The van der Waals surface area contributed by atoms with E-state index in [2.05, 4.69) is 12.6 Å². The molecule has 1 rings (SSSR count). The van der Waals surface area contributed by atoms with E-state index in [1.54, 1.807) is 17.6 Å². The SMILES string of the molecule is CS.c1ccsc1. The largest absolute Gasteiger partial charge is 0.183 e. The second-order valence-corrected chi connectivity index (χ2v) is 1.61. The molecule has 0 aliphatic carbocycles. The zero-order chi connectivity index (χ0) is 5.54. The van der Waals surface area contributed by atoms with Crippen molar-refractivity contribution in [2.45, 2.75) is 0 Å². The minimum Gasteiger partial charge on any atom is -0.183 e. The molecule has 1 aromatic heterocycles. The van der Waals surface area contributed by atoms with E-state index in [0.29, 0.717) is 0 Å². The van der Waals surface area contributed by atoms with Crippen molar-refractivity contribution in [2.24, 2.45) is 0 Å². The Labute approximate surface area is 53.6 Å². The van der Waals surface area contributed by atoms with Gasteiger partial charge in [0.25, 0.3) is 0 Å². The third-order valence-electron chi connectivity index (χ3n) is 0.425. The molecule has 40 valence electrons. The molecule has 2 heteroatoms. The smallest absolute Gasteiger partial charge is 0.00934 e. The summed E-state index contributed by atoms with van der Waals surface area (Å²) in [6.45, 7) is 0. The second kappa shape index (κ2) is 6.05. The van der Waals surface area contributed by atoms with Crippen molar-refractivity contribution >= 4 is 24.0 Å². The van der Waals surface area contributed by atoms with Crippen molar-refractivity contribution in [3.8, 4) is 0 Å². The average molecular weight is 132 g/mol. The summed E-state index contributed by atoms with van der Waals surface area (Å²) in [6.07, 6.45) is 1.69. The van der Waals surface area contributed by atoms with Gasteiger partial charge in [0.05, 0.1) is 0 Å². The Kier molecular flexibility index (Phi) is 6.09. The first-order valence-electron chi connectivity index (χ1n) is 1.92. The number of hydrogen-bond donors (Lipinski definition) is 1. The van der Waals surface area contributed by atoms with Crippen molar-refractivity contribution in [1.29, 1.82) is 0 Å². The molecular weight excluding hydrogens is 124 g/mol. The zero-order valence-electron chi connectivity index (χ0n) is 4.16. The fourth-order valence-corrected chi connectivity index (χ4v) is 0.680. The standard InChI is InChI=1S/C4H4S.CH4S/c1-2-4-5-3-1;1-2/h1-4H;2H,1H3. The van der Waals surface area contributed by atoms with Gasteiger partial charge in [0.15, 0.2) is 0 Å². The fourth-order valence-electron chi connectivity index (χ4n) is 0.227. The molecule has 1 aromatic rings. The van der Waals surface area contributed by atoms with Gasteiger partial charge in [-0.1, -0.05) is 12.1 Å². The van der Waals surface area contributed by atoms with Gasteiger partial charge in [0, 0.05) is 0 Å². The first-order chi connectivity index (χ1) is 3.50. The van der Waals surface area contributed by atoms with Gasteiger partial charge in [-0.05, 0) is 17.0 Å². The van der Waals surface area contributed by atoms with Crippen LogP contribution in [0.1, 0.15) is 0 Å². The van der Waals surface area contributed by atoms with Crippen LogP contribution in [0, 0.1) is 0 Å². The summed E-state index contributed by atoms with van der Waals surface area (Å²) >= 11 is 5.24. The molecule has 0 saturated carbocycles. The van der Waals surface area contributed by atoms with Crippen molar-refractivity contribution < 1.29 is 0 Å². The predicted octanol–water partition coefficient (Wildman–Crippen LogP) is 2.29. The number of thiol groups is 1. The van der Waals surface area contributed by atoms with E-state index in [1.165, 1.54) is 0 Å². The lowest BCUT2D eigenvalue weighted by molar-refractivity contribution is 2.03. The van der Waals surface area contributed by atoms with Gasteiger partial charge in [-0.15, -0.1) is 0 Å². The van der Waals surface area contributed by atoms with E-state index in [4.69, 9.17) is 0 Å². The van der Waals surface area contributed by atoms with Crippen LogP contribution in [0.4, 0.5) is 0 Å². The van der Waals surface area contributed by atoms with Crippen molar-refractivity contribution in [1.82, 2.24) is 0 Å². The highest BCUT2D eigenvalue weighted by Crippen LogP contribution is 1.91. The summed E-state index contributed by atoms with van der Waals surface area (Å²) in [5.41, 5.74) is 0. The molecule has 0 aromatic carbocycles. The first kappa shape index (κ1) is 7.05. The molecule has 0 bridgehead atoms. The highest BCUT2D eigenvalue weighted by atomic mass is 32.1. The summed E-state index contributed by atoms with van der Waals surface area (Å²) in [5.74, 6) is 0. The number of hydrogen-bond acceptors (Lipinski definition) is 2. The van der Waals surface area contributed by atoms with Crippen LogP contribution >= 0.6 is 24.0 Å². The molecular formula is C5H8S2. The van der Waals surface area contributed by atoms with Crippen LogP contribution in [0.15, 0.2) is 22.9 Å². The molecule has 0 radical (unpaired) electrons. The van der Waals surface area contributed by atoms with Gasteiger partial charge < -0.3 is 0 Å². The monoisotopic (exact) mass is 132 g/mol. The van der Waals surface area contributed by atoms with Crippen LogP contribution < -0.4 is 0 Å². The Balaban J connectivity index is 0.000000162. The lowest BCUT2D eigenvalue weighted by Crippen LogP contribution is -1.16. The molecule has 0 N–H and O–H groups in total. The molecule has 1 heterocycles. The Morgan fingerprint density at radius 2 is 1.57 bits per heavy atom. The Hall–Kier alpha value is 0.0500. The normalized spacial score (nSPS) is 6.57. The van der Waals surface area contributed by atoms with Crippen LogP contribution in [0.5, 0.6) is 0 Å². The van der Waals surface area contributed by atoms with Gasteiger partial charge >= 0.3 is 0 Å². The van der Waals surface area contributed by atoms with Crippen molar-refractivity contribution in [3.63, 3.8) is 0 Å². The van der Waals surface area contributed by atoms with E-state index in [9.17, 15) is 0 Å². The highest BCUT2D eigenvalue weighted by Gasteiger charge is 1.58. The zero-order valence-corrected chi connectivity index (χ0v) is 5.88. The van der Waals surface area contributed by atoms with Crippen molar-refractivity contribution in [2.75, 3.05) is 6.26 Å². The van der Waals surface area contributed by atoms with Gasteiger partial charge in [-0.3, -0.25) is 0 Å². The van der Waals surface area contributed by atoms with Gasteiger partial charge in [-0.2, -0.15) is 24.0 Å². The summed E-state index contributed by atoms with van der Waals surface area (Å²) in [6, 6.07) is 4.04. The minimum atomic E-state index is 1.69. The molecule has 7 heavy (non-hydrogen) atoms. The quantitative estimate of drug-likeness (QED) is 0.514. The minimum absolute atomic E-state index is 1.69. The predicted molar refractivity (Wildman–Crippen MR) is 39.2 cm³/mol. The summed E-state index contributed by atoms with van der Waals surface area (Å²) in [7, 11) is 0. The topological polar surface area (TPSA) is 0 Å². The van der Waals surface area contributed by atoms with E-state index >= 15 is 0 Å². The first-order valence-corrected chi connectivity index (χ1v) is 3.76. The second-order valence-electron chi connectivity index (χ2n) is 0.793. The molecule has 0 unspecified atom stereocenters. The van der Waals surface area contributed by atoms with Gasteiger partial charge in [-0.25, -0.2) is 0 Å². The molecule has 0 saturated heterocycles. The third-order valence-corrected chi connectivity index (χ3v) is 1.05. The van der Waals surface area contributed by atoms with Crippen LogP contribution in [-0.4, -0.2) is 6.26 Å². The Bertz CT molecular complexity index is 62.6. The third kappa shape index (κ3) is 3.89. The Morgan fingerprint density at radius 1 is 1.14 bits per heavy atom. The summed E-state index contributed by atoms with van der Waals surface area (Å²) in [5, 5.41) is 4.08. The van der Waals surface area contributed by atoms with Crippen molar-refractivity contribution in [3.05, 3.63) is 22.9 Å².